The van der Waals surface area contributed by atoms with Crippen molar-refractivity contribution >= 4 is 29.0 Å². The van der Waals surface area contributed by atoms with Gasteiger partial charge >= 0.3 is 0 Å². The van der Waals surface area contributed by atoms with Crippen molar-refractivity contribution < 1.29 is 24.3 Å². The molecule has 6 nitrogen and oxygen atoms in total. The number of aromatic hydroxyl groups is 1. The van der Waals surface area contributed by atoms with Crippen molar-refractivity contribution in [2.75, 3.05) is 0 Å². The summed E-state index contributed by atoms with van der Waals surface area (Å²) >= 11 is 0. The molecule has 0 spiro atoms. The largest absolute Gasteiger partial charge is 0.508 e. The third-order valence-electron chi connectivity index (χ3n) is 9.44. The maximum atomic E-state index is 14.7. The predicted octanol–water partition coefficient (Wildman–Crippen LogP) is 4.50. The van der Waals surface area contributed by atoms with Gasteiger partial charge in [0, 0.05) is 17.4 Å². The number of fused-ring (bicyclic) bond motifs is 4. The minimum atomic E-state index is -1.25. The summed E-state index contributed by atoms with van der Waals surface area (Å²) in [5.74, 6) is -3.55. The standard InChI is InChI=1S/C34H27NO5/c36-22-13-11-20(12-14-22)30-23-15-16-24-29(33(40)35-32(24)39)26(23)17-27-31(38)25(19-7-3-1-4-8-19)18-28(37)34(27,30)21-9-5-2-6-10-21/h1-15,18,24,26-27,29-30,36H,16-17H2,(H,35,39,40)/t24-,26+,27-,29-,30-,34-/m0/s1. The van der Waals surface area contributed by atoms with Crippen LogP contribution in [-0.2, 0) is 24.6 Å². The van der Waals surface area contributed by atoms with Gasteiger partial charge in [-0.25, -0.2) is 0 Å². The number of carbonyl (C=O) groups is 4. The van der Waals surface area contributed by atoms with Crippen molar-refractivity contribution in [3.8, 4) is 5.75 Å². The molecule has 4 aliphatic rings. The number of phenolic OH excluding ortho intramolecular Hbond substituents is 1. The van der Waals surface area contributed by atoms with Gasteiger partial charge in [0.25, 0.3) is 0 Å². The molecule has 198 valence electrons. The number of allylic oxidation sites excluding steroid dienone is 4. The molecular formula is C34H27NO5. The Hall–Kier alpha value is -4.58. The van der Waals surface area contributed by atoms with E-state index in [0.717, 1.165) is 16.7 Å². The van der Waals surface area contributed by atoms with Gasteiger partial charge in [0.1, 0.15) is 5.75 Å². The number of rotatable bonds is 3. The number of hydrogen-bond donors (Lipinski definition) is 2. The number of Topliss-reactive ketones (excluding diaryl/α,β-unsaturated/α-hetero) is 1. The molecule has 2 amide bonds. The van der Waals surface area contributed by atoms with Gasteiger partial charge in [-0.2, -0.15) is 0 Å². The number of benzene rings is 3. The molecule has 6 heteroatoms. The average Bonchev–Trinajstić information content (AvgIpc) is 3.28. The Morgan fingerprint density at radius 3 is 2.15 bits per heavy atom. The van der Waals surface area contributed by atoms with Crippen LogP contribution in [0.25, 0.3) is 5.57 Å². The van der Waals surface area contributed by atoms with Crippen LogP contribution in [0.15, 0.2) is 103 Å². The highest BCUT2D eigenvalue weighted by atomic mass is 16.3. The van der Waals surface area contributed by atoms with Crippen molar-refractivity contribution in [1.82, 2.24) is 5.32 Å². The van der Waals surface area contributed by atoms with Crippen LogP contribution in [0.5, 0.6) is 5.75 Å². The van der Waals surface area contributed by atoms with Gasteiger partial charge in [0.15, 0.2) is 11.6 Å². The van der Waals surface area contributed by atoms with Crippen molar-refractivity contribution in [1.29, 1.82) is 0 Å². The lowest BCUT2D eigenvalue weighted by atomic mass is 9.44. The normalized spacial score (nSPS) is 30.9. The zero-order valence-corrected chi connectivity index (χ0v) is 21.6. The Morgan fingerprint density at radius 1 is 0.775 bits per heavy atom. The molecule has 40 heavy (non-hydrogen) atoms. The third-order valence-corrected chi connectivity index (χ3v) is 9.44. The molecule has 0 radical (unpaired) electrons. The number of hydrogen-bond acceptors (Lipinski definition) is 5. The fourth-order valence-electron chi connectivity index (χ4n) is 7.83. The molecule has 3 aromatic carbocycles. The molecule has 7 rings (SSSR count). The summed E-state index contributed by atoms with van der Waals surface area (Å²) in [7, 11) is 0. The molecule has 0 unspecified atom stereocenters. The summed E-state index contributed by atoms with van der Waals surface area (Å²) in [4.78, 5) is 55.1. The van der Waals surface area contributed by atoms with E-state index in [2.05, 4.69) is 5.32 Å². The Bertz CT molecular complexity index is 1620. The van der Waals surface area contributed by atoms with Gasteiger partial charge in [-0.05, 0) is 53.7 Å². The quantitative estimate of drug-likeness (QED) is 0.384. The van der Waals surface area contributed by atoms with Gasteiger partial charge in [-0.15, -0.1) is 0 Å². The highest BCUT2D eigenvalue weighted by Crippen LogP contribution is 2.63. The summed E-state index contributed by atoms with van der Waals surface area (Å²) in [5, 5.41) is 12.6. The fourth-order valence-corrected chi connectivity index (χ4v) is 7.83. The Labute approximate surface area is 231 Å². The Morgan fingerprint density at radius 2 is 1.45 bits per heavy atom. The average molecular weight is 530 g/mol. The highest BCUT2D eigenvalue weighted by molar-refractivity contribution is 6.31. The van der Waals surface area contributed by atoms with Gasteiger partial charge in [-0.1, -0.05) is 84.4 Å². The molecule has 2 N–H and O–H groups in total. The molecule has 1 saturated carbocycles. The van der Waals surface area contributed by atoms with Crippen molar-refractivity contribution in [3.05, 3.63) is 119 Å². The summed E-state index contributed by atoms with van der Waals surface area (Å²) in [6, 6.07) is 25.4. The van der Waals surface area contributed by atoms with Crippen molar-refractivity contribution in [2.24, 2.45) is 23.7 Å². The first-order valence-corrected chi connectivity index (χ1v) is 13.7. The third kappa shape index (κ3) is 3.35. The molecule has 1 heterocycles. The molecule has 2 fully saturated rings. The molecule has 1 saturated heterocycles. The van der Waals surface area contributed by atoms with Crippen molar-refractivity contribution in [2.45, 2.75) is 24.2 Å². The van der Waals surface area contributed by atoms with Crippen molar-refractivity contribution in [3.63, 3.8) is 0 Å². The highest BCUT2D eigenvalue weighted by Gasteiger charge is 2.65. The van der Waals surface area contributed by atoms with Crippen LogP contribution in [0.1, 0.15) is 35.4 Å². The molecule has 3 aromatic rings. The molecule has 0 bridgehead atoms. The van der Waals surface area contributed by atoms with Gasteiger partial charge in [-0.3, -0.25) is 24.5 Å². The summed E-state index contributed by atoms with van der Waals surface area (Å²) in [6.07, 6.45) is 4.21. The van der Waals surface area contributed by atoms with Crippen LogP contribution in [-0.4, -0.2) is 28.5 Å². The van der Waals surface area contributed by atoms with E-state index in [4.69, 9.17) is 0 Å². The van der Waals surface area contributed by atoms with Crippen LogP contribution < -0.4 is 5.32 Å². The first-order valence-electron chi connectivity index (χ1n) is 13.7. The number of imide groups is 1. The lowest BCUT2D eigenvalue weighted by Crippen LogP contribution is -2.58. The Kier molecular flexibility index (Phi) is 5.49. The second-order valence-electron chi connectivity index (χ2n) is 11.2. The lowest BCUT2D eigenvalue weighted by molar-refractivity contribution is -0.135. The second-order valence-corrected chi connectivity index (χ2v) is 11.2. The zero-order valence-electron chi connectivity index (χ0n) is 21.6. The maximum Gasteiger partial charge on any atom is 0.231 e. The Balaban J connectivity index is 1.52. The van der Waals surface area contributed by atoms with Crippen LogP contribution in [0.3, 0.4) is 0 Å². The van der Waals surface area contributed by atoms with Gasteiger partial charge in [0.2, 0.25) is 11.8 Å². The topological polar surface area (TPSA) is 101 Å². The van der Waals surface area contributed by atoms with Gasteiger partial charge < -0.3 is 5.11 Å². The van der Waals surface area contributed by atoms with Gasteiger partial charge in [0.05, 0.1) is 17.3 Å². The van der Waals surface area contributed by atoms with E-state index < -0.39 is 29.1 Å². The van der Waals surface area contributed by atoms with Crippen LogP contribution >= 0.6 is 0 Å². The van der Waals surface area contributed by atoms with Crippen LogP contribution in [0.4, 0.5) is 0 Å². The van der Waals surface area contributed by atoms with Crippen LogP contribution in [0, 0.1) is 23.7 Å². The lowest BCUT2D eigenvalue weighted by Gasteiger charge is -2.55. The predicted molar refractivity (Wildman–Crippen MR) is 148 cm³/mol. The first-order chi connectivity index (χ1) is 19.4. The molecular weight excluding hydrogens is 502 g/mol. The fraction of sp³-hybridized carbons (Fsp3) is 0.235. The van der Waals surface area contributed by atoms with E-state index in [1.807, 2.05) is 66.7 Å². The minimum Gasteiger partial charge on any atom is -0.508 e. The van der Waals surface area contributed by atoms with E-state index >= 15 is 0 Å². The van der Waals surface area contributed by atoms with E-state index in [1.165, 1.54) is 6.08 Å². The second kappa shape index (κ2) is 8.98. The number of amides is 2. The summed E-state index contributed by atoms with van der Waals surface area (Å²) in [6.45, 7) is 0. The molecule has 0 aromatic heterocycles. The number of phenols is 1. The van der Waals surface area contributed by atoms with E-state index in [1.54, 1.807) is 24.3 Å². The monoisotopic (exact) mass is 529 g/mol. The zero-order chi connectivity index (χ0) is 27.6. The summed E-state index contributed by atoms with van der Waals surface area (Å²) in [5.41, 5.74) is 2.24. The molecule has 3 aliphatic carbocycles. The maximum absolute atomic E-state index is 14.7. The molecule has 6 atom stereocenters. The first kappa shape index (κ1) is 24.5. The smallest absolute Gasteiger partial charge is 0.231 e. The summed E-state index contributed by atoms with van der Waals surface area (Å²) < 4.78 is 0. The number of nitrogens with one attached hydrogen (secondary N) is 1. The van der Waals surface area contributed by atoms with E-state index in [0.29, 0.717) is 17.6 Å². The van der Waals surface area contributed by atoms with Crippen LogP contribution in [0.2, 0.25) is 0 Å². The van der Waals surface area contributed by atoms with E-state index in [-0.39, 0.29) is 41.5 Å². The minimum absolute atomic E-state index is 0.0946. The SMILES string of the molecule is O=C1NC(=O)[C@H]2CC=C3[C@@H](C[C@H]4C(=O)C(c5ccccc5)=CC(=O)[C@@]4(c4ccccc4)[C@H]3c3ccc(O)cc3)[C@@H]12. The van der Waals surface area contributed by atoms with E-state index in [9.17, 15) is 24.3 Å². The number of carbonyl (C=O) groups excluding carboxylic acids is 4. The number of ketones is 2. The molecule has 1 aliphatic heterocycles.